The summed E-state index contributed by atoms with van der Waals surface area (Å²) in [5.74, 6) is -0.0912. The first-order valence-corrected chi connectivity index (χ1v) is 6.21. The van der Waals surface area contributed by atoms with Gasteiger partial charge >= 0.3 is 0 Å². The molecule has 0 bridgehead atoms. The van der Waals surface area contributed by atoms with Gasteiger partial charge in [-0.15, -0.1) is 0 Å². The van der Waals surface area contributed by atoms with E-state index in [1.807, 2.05) is 30.7 Å². The molecular weight excluding hydrogens is 216 g/mol. The molecule has 1 amide bonds. The van der Waals surface area contributed by atoms with Crippen molar-refractivity contribution in [3.8, 4) is 0 Å². The molecule has 1 aliphatic carbocycles. The minimum atomic E-state index is -0.394. The lowest BCUT2D eigenvalue weighted by atomic mass is 9.92. The van der Waals surface area contributed by atoms with Crippen LogP contribution < -0.4 is 5.32 Å². The summed E-state index contributed by atoms with van der Waals surface area (Å²) in [7, 11) is 1.88. The molecule has 1 aromatic heterocycles. The molecule has 2 N–H and O–H groups in total. The van der Waals surface area contributed by atoms with E-state index in [1.54, 1.807) is 0 Å². The predicted octanol–water partition coefficient (Wildman–Crippen LogP) is 1.37. The molecule has 2 unspecified atom stereocenters. The molecule has 1 fully saturated rings. The highest BCUT2D eigenvalue weighted by atomic mass is 16.3. The molecule has 4 nitrogen and oxygen atoms in total. The van der Waals surface area contributed by atoms with Crippen molar-refractivity contribution in [2.45, 2.75) is 44.8 Å². The van der Waals surface area contributed by atoms with E-state index >= 15 is 0 Å². The number of nitrogens with one attached hydrogen (secondary N) is 1. The minimum Gasteiger partial charge on any atom is -0.391 e. The van der Waals surface area contributed by atoms with Gasteiger partial charge < -0.3 is 15.0 Å². The largest absolute Gasteiger partial charge is 0.391 e. The zero-order valence-electron chi connectivity index (χ0n) is 10.4. The van der Waals surface area contributed by atoms with E-state index in [2.05, 4.69) is 5.32 Å². The summed E-state index contributed by atoms with van der Waals surface area (Å²) in [6.07, 6.45) is 3.40. The maximum absolute atomic E-state index is 12.0. The first-order valence-electron chi connectivity index (χ1n) is 6.21. The fourth-order valence-corrected chi connectivity index (χ4v) is 2.36. The Morgan fingerprint density at radius 3 is 2.71 bits per heavy atom. The van der Waals surface area contributed by atoms with Crippen LogP contribution in [0, 0.1) is 6.92 Å². The summed E-state index contributed by atoms with van der Waals surface area (Å²) < 4.78 is 1.87. The molecule has 0 radical (unpaired) electrons. The van der Waals surface area contributed by atoms with Crippen LogP contribution in [0.2, 0.25) is 0 Å². The fourth-order valence-electron chi connectivity index (χ4n) is 2.36. The zero-order valence-corrected chi connectivity index (χ0v) is 10.4. The van der Waals surface area contributed by atoms with Crippen molar-refractivity contribution in [2.75, 3.05) is 0 Å². The second kappa shape index (κ2) is 4.92. The SMILES string of the molecule is Cc1ccc(C(=O)NC2CCCCC2O)n1C. The van der Waals surface area contributed by atoms with Gasteiger partial charge in [0.15, 0.2) is 0 Å². The maximum Gasteiger partial charge on any atom is 0.268 e. The van der Waals surface area contributed by atoms with Crippen LogP contribution in [-0.2, 0) is 7.05 Å². The molecule has 0 spiro atoms. The van der Waals surface area contributed by atoms with Gasteiger partial charge in [-0.05, 0) is 31.9 Å². The summed E-state index contributed by atoms with van der Waals surface area (Å²) in [5, 5.41) is 12.7. The maximum atomic E-state index is 12.0. The molecule has 4 heteroatoms. The molecule has 2 rings (SSSR count). The Labute approximate surface area is 102 Å². The van der Waals surface area contributed by atoms with Crippen molar-refractivity contribution in [3.05, 3.63) is 23.5 Å². The van der Waals surface area contributed by atoms with Gasteiger partial charge in [0.2, 0.25) is 0 Å². The minimum absolute atomic E-state index is 0.0912. The van der Waals surface area contributed by atoms with Gasteiger partial charge in [0.05, 0.1) is 12.1 Å². The number of nitrogens with zero attached hydrogens (tertiary/aromatic N) is 1. The summed E-state index contributed by atoms with van der Waals surface area (Å²) in [6, 6.07) is 3.65. The van der Waals surface area contributed by atoms with Gasteiger partial charge in [-0.25, -0.2) is 0 Å². The highest BCUT2D eigenvalue weighted by Crippen LogP contribution is 2.19. The number of carbonyl (C=O) groups is 1. The van der Waals surface area contributed by atoms with Crippen LogP contribution in [0.25, 0.3) is 0 Å². The second-order valence-electron chi connectivity index (χ2n) is 4.85. The topological polar surface area (TPSA) is 54.3 Å². The van der Waals surface area contributed by atoms with Crippen LogP contribution in [0.4, 0.5) is 0 Å². The number of aliphatic hydroxyl groups is 1. The van der Waals surface area contributed by atoms with Gasteiger partial charge in [0, 0.05) is 12.7 Å². The number of rotatable bonds is 2. The second-order valence-corrected chi connectivity index (χ2v) is 4.85. The molecule has 94 valence electrons. The van der Waals surface area contributed by atoms with Crippen molar-refractivity contribution in [3.63, 3.8) is 0 Å². The Morgan fingerprint density at radius 1 is 1.41 bits per heavy atom. The molecular formula is C13H20N2O2. The fraction of sp³-hybridized carbons (Fsp3) is 0.615. The first kappa shape index (κ1) is 12.2. The third-order valence-corrected chi connectivity index (χ3v) is 3.65. The number of hydrogen-bond acceptors (Lipinski definition) is 2. The summed E-state index contributed by atoms with van der Waals surface area (Å²) in [4.78, 5) is 12.0. The van der Waals surface area contributed by atoms with Crippen molar-refractivity contribution in [2.24, 2.45) is 7.05 Å². The molecule has 1 aromatic rings. The lowest BCUT2D eigenvalue weighted by Gasteiger charge is -2.28. The van der Waals surface area contributed by atoms with Gasteiger partial charge in [-0.1, -0.05) is 12.8 Å². The molecule has 1 aliphatic rings. The van der Waals surface area contributed by atoms with E-state index in [4.69, 9.17) is 0 Å². The van der Waals surface area contributed by atoms with Crippen molar-refractivity contribution in [1.82, 2.24) is 9.88 Å². The van der Waals surface area contributed by atoms with E-state index in [-0.39, 0.29) is 11.9 Å². The standard InChI is InChI=1S/C13H20N2O2/c1-9-7-8-11(15(9)2)13(17)14-10-5-3-4-6-12(10)16/h7-8,10,12,16H,3-6H2,1-2H3,(H,14,17). The highest BCUT2D eigenvalue weighted by molar-refractivity contribution is 5.93. The van der Waals surface area contributed by atoms with E-state index in [0.29, 0.717) is 5.69 Å². The third-order valence-electron chi connectivity index (χ3n) is 3.65. The van der Waals surface area contributed by atoms with Gasteiger partial charge in [0.25, 0.3) is 5.91 Å². The van der Waals surface area contributed by atoms with Gasteiger partial charge in [0.1, 0.15) is 5.69 Å². The van der Waals surface area contributed by atoms with Gasteiger partial charge in [-0.3, -0.25) is 4.79 Å². The Morgan fingerprint density at radius 2 is 2.12 bits per heavy atom. The van der Waals surface area contributed by atoms with E-state index in [0.717, 1.165) is 31.4 Å². The Kier molecular flexibility index (Phi) is 3.52. The molecule has 0 aromatic carbocycles. The molecule has 1 saturated carbocycles. The molecule has 0 aliphatic heterocycles. The smallest absolute Gasteiger partial charge is 0.268 e. The van der Waals surface area contributed by atoms with Crippen molar-refractivity contribution in [1.29, 1.82) is 0 Å². The lowest BCUT2D eigenvalue weighted by Crippen LogP contribution is -2.45. The van der Waals surface area contributed by atoms with Gasteiger partial charge in [-0.2, -0.15) is 0 Å². The van der Waals surface area contributed by atoms with Crippen molar-refractivity contribution < 1.29 is 9.90 Å². The van der Waals surface area contributed by atoms with Crippen LogP contribution in [0.1, 0.15) is 41.9 Å². The monoisotopic (exact) mass is 236 g/mol. The average molecular weight is 236 g/mol. The number of amides is 1. The van der Waals surface area contributed by atoms with E-state index < -0.39 is 6.10 Å². The zero-order chi connectivity index (χ0) is 12.4. The summed E-state index contributed by atoms with van der Waals surface area (Å²) >= 11 is 0. The van der Waals surface area contributed by atoms with Crippen LogP contribution in [0.15, 0.2) is 12.1 Å². The number of hydrogen-bond donors (Lipinski definition) is 2. The quantitative estimate of drug-likeness (QED) is 0.814. The lowest BCUT2D eigenvalue weighted by molar-refractivity contribution is 0.0711. The number of aliphatic hydroxyl groups excluding tert-OH is 1. The molecule has 2 atom stereocenters. The van der Waals surface area contributed by atoms with E-state index in [1.165, 1.54) is 0 Å². The van der Waals surface area contributed by atoms with Crippen LogP contribution in [0.3, 0.4) is 0 Å². The number of aryl methyl sites for hydroxylation is 1. The Bertz CT molecular complexity index is 412. The molecule has 17 heavy (non-hydrogen) atoms. The number of aromatic nitrogens is 1. The Hall–Kier alpha value is -1.29. The first-order chi connectivity index (χ1) is 8.09. The normalized spacial score (nSPS) is 24.6. The predicted molar refractivity (Wildman–Crippen MR) is 65.9 cm³/mol. The average Bonchev–Trinajstić information content (AvgIpc) is 2.63. The Balaban J connectivity index is 2.03. The summed E-state index contributed by atoms with van der Waals surface area (Å²) in [5.41, 5.74) is 1.71. The van der Waals surface area contributed by atoms with Crippen molar-refractivity contribution >= 4 is 5.91 Å². The van der Waals surface area contributed by atoms with Crippen LogP contribution in [0.5, 0.6) is 0 Å². The van der Waals surface area contributed by atoms with Crippen LogP contribution >= 0.6 is 0 Å². The molecule has 1 heterocycles. The van der Waals surface area contributed by atoms with Crippen LogP contribution in [-0.4, -0.2) is 27.7 Å². The number of carbonyl (C=O) groups excluding carboxylic acids is 1. The summed E-state index contributed by atoms with van der Waals surface area (Å²) in [6.45, 7) is 1.96. The van der Waals surface area contributed by atoms with E-state index in [9.17, 15) is 9.90 Å². The third kappa shape index (κ3) is 2.52. The molecule has 0 saturated heterocycles. The highest BCUT2D eigenvalue weighted by Gasteiger charge is 2.25.